The van der Waals surface area contributed by atoms with Crippen molar-refractivity contribution < 1.29 is 18.7 Å². The molecular formula is C19H22O4. The minimum atomic E-state index is -0.201. The Labute approximate surface area is 136 Å². The van der Waals surface area contributed by atoms with E-state index in [1.165, 1.54) is 12.7 Å². The van der Waals surface area contributed by atoms with Gasteiger partial charge in [0, 0.05) is 29.7 Å². The Bertz CT molecular complexity index is 678. The van der Waals surface area contributed by atoms with Gasteiger partial charge in [-0.1, -0.05) is 25.2 Å². The number of rotatable bonds is 5. The van der Waals surface area contributed by atoms with E-state index in [9.17, 15) is 4.79 Å². The summed E-state index contributed by atoms with van der Waals surface area (Å²) >= 11 is 0. The molecule has 0 N–H and O–H groups in total. The first kappa shape index (κ1) is 15.7. The molecule has 1 aromatic rings. The normalized spacial score (nSPS) is 26.0. The lowest BCUT2D eigenvalue weighted by molar-refractivity contribution is -0.141. The van der Waals surface area contributed by atoms with Crippen LogP contribution in [0.3, 0.4) is 0 Å². The maximum atomic E-state index is 11.7. The Kier molecular flexibility index (Phi) is 4.16. The van der Waals surface area contributed by atoms with E-state index < -0.39 is 0 Å². The van der Waals surface area contributed by atoms with Crippen molar-refractivity contribution in [2.45, 2.75) is 32.1 Å². The van der Waals surface area contributed by atoms with Crippen LogP contribution in [-0.4, -0.2) is 20.2 Å². The van der Waals surface area contributed by atoms with E-state index >= 15 is 0 Å². The zero-order valence-electron chi connectivity index (χ0n) is 13.8. The highest BCUT2D eigenvalue weighted by atomic mass is 16.5. The SMILES string of the molecule is COC(=O)CCC1(C)C2=CC=CC2=C(OC)CC1c1ccco1. The third-order valence-corrected chi connectivity index (χ3v) is 5.10. The third kappa shape index (κ3) is 2.62. The lowest BCUT2D eigenvalue weighted by Gasteiger charge is -2.43. The fourth-order valence-corrected chi connectivity index (χ4v) is 3.74. The fraction of sp³-hybridized carbons (Fsp3) is 0.421. The van der Waals surface area contributed by atoms with Crippen LogP contribution < -0.4 is 0 Å². The van der Waals surface area contributed by atoms with Crippen molar-refractivity contribution in [3.63, 3.8) is 0 Å². The summed E-state index contributed by atoms with van der Waals surface area (Å²) in [7, 11) is 3.14. The van der Waals surface area contributed by atoms with Gasteiger partial charge in [-0.25, -0.2) is 0 Å². The number of ether oxygens (including phenoxy) is 2. The predicted octanol–water partition coefficient (Wildman–Crippen LogP) is 4.12. The van der Waals surface area contributed by atoms with Crippen molar-refractivity contribution in [3.8, 4) is 0 Å². The topological polar surface area (TPSA) is 48.7 Å². The first-order valence-corrected chi connectivity index (χ1v) is 7.86. The van der Waals surface area contributed by atoms with Gasteiger partial charge in [0.25, 0.3) is 0 Å². The molecule has 23 heavy (non-hydrogen) atoms. The summed E-state index contributed by atoms with van der Waals surface area (Å²) in [6.45, 7) is 2.20. The predicted molar refractivity (Wildman–Crippen MR) is 86.7 cm³/mol. The van der Waals surface area contributed by atoms with Crippen molar-refractivity contribution in [3.05, 3.63) is 59.3 Å². The van der Waals surface area contributed by atoms with E-state index in [1.807, 2.05) is 18.2 Å². The first-order valence-electron chi connectivity index (χ1n) is 7.86. The monoisotopic (exact) mass is 314 g/mol. The van der Waals surface area contributed by atoms with E-state index in [4.69, 9.17) is 13.9 Å². The number of esters is 1. The largest absolute Gasteiger partial charge is 0.500 e. The number of carbonyl (C=O) groups excluding carboxylic acids is 1. The minimum absolute atomic E-state index is 0.131. The average Bonchev–Trinajstić information content (AvgIpc) is 3.24. The first-order chi connectivity index (χ1) is 11.1. The van der Waals surface area contributed by atoms with Crippen molar-refractivity contribution in [1.29, 1.82) is 0 Å². The molecule has 2 aliphatic carbocycles. The second kappa shape index (κ2) is 6.11. The van der Waals surface area contributed by atoms with Crippen LogP contribution in [0.4, 0.5) is 0 Å². The zero-order valence-corrected chi connectivity index (χ0v) is 13.8. The van der Waals surface area contributed by atoms with Gasteiger partial charge in [0.1, 0.15) is 11.5 Å². The van der Waals surface area contributed by atoms with Crippen LogP contribution in [0, 0.1) is 5.41 Å². The minimum Gasteiger partial charge on any atom is -0.500 e. The number of fused-ring (bicyclic) bond motifs is 1. The third-order valence-electron chi connectivity index (χ3n) is 5.10. The summed E-state index contributed by atoms with van der Waals surface area (Å²) in [6.07, 6.45) is 9.81. The van der Waals surface area contributed by atoms with Gasteiger partial charge in [0.15, 0.2) is 0 Å². The second-order valence-corrected chi connectivity index (χ2v) is 6.25. The van der Waals surface area contributed by atoms with Gasteiger partial charge in [-0.2, -0.15) is 0 Å². The van der Waals surface area contributed by atoms with Gasteiger partial charge in [0.05, 0.1) is 20.5 Å². The van der Waals surface area contributed by atoms with Crippen LogP contribution in [0.2, 0.25) is 0 Å². The average molecular weight is 314 g/mol. The number of carbonyl (C=O) groups is 1. The van der Waals surface area contributed by atoms with Gasteiger partial charge >= 0.3 is 5.97 Å². The van der Waals surface area contributed by atoms with Gasteiger partial charge in [0.2, 0.25) is 0 Å². The molecule has 0 amide bonds. The summed E-state index contributed by atoms with van der Waals surface area (Å²) in [4.78, 5) is 11.7. The number of methoxy groups -OCH3 is 2. The number of allylic oxidation sites excluding steroid dienone is 6. The summed E-state index contributed by atoms with van der Waals surface area (Å²) in [5, 5.41) is 0. The maximum Gasteiger partial charge on any atom is 0.305 e. The molecule has 2 aliphatic rings. The molecule has 1 heterocycles. The standard InChI is InChI=1S/C19H22O4/c1-19(10-9-18(20)22-3)14-7-4-6-13(14)17(21-2)12-15(19)16-8-5-11-23-16/h4-8,11,15H,9-10,12H2,1-3H3. The number of hydrogen-bond acceptors (Lipinski definition) is 4. The van der Waals surface area contributed by atoms with Gasteiger partial charge < -0.3 is 13.9 Å². The summed E-state index contributed by atoms with van der Waals surface area (Å²) in [5.74, 6) is 1.85. The summed E-state index contributed by atoms with van der Waals surface area (Å²) < 4.78 is 16.2. The molecule has 0 saturated carbocycles. The van der Waals surface area contributed by atoms with Crippen LogP contribution in [0.5, 0.6) is 0 Å². The van der Waals surface area contributed by atoms with Crippen molar-refractivity contribution in [1.82, 2.24) is 0 Å². The van der Waals surface area contributed by atoms with Crippen LogP contribution in [0.15, 0.2) is 57.9 Å². The molecule has 0 fully saturated rings. The molecule has 0 radical (unpaired) electrons. The highest BCUT2D eigenvalue weighted by Gasteiger charge is 2.46. The second-order valence-electron chi connectivity index (χ2n) is 6.25. The van der Waals surface area contributed by atoms with Gasteiger partial charge in [-0.15, -0.1) is 0 Å². The van der Waals surface area contributed by atoms with Crippen molar-refractivity contribution in [2.24, 2.45) is 5.41 Å². The Hall–Kier alpha value is -2.23. The highest BCUT2D eigenvalue weighted by Crippen LogP contribution is 2.56. The van der Waals surface area contributed by atoms with E-state index in [2.05, 4.69) is 19.1 Å². The molecule has 0 aliphatic heterocycles. The molecule has 2 atom stereocenters. The zero-order chi connectivity index (χ0) is 16.4. The number of hydrogen-bond donors (Lipinski definition) is 0. The number of furan rings is 1. The molecule has 122 valence electrons. The Morgan fingerprint density at radius 2 is 2.26 bits per heavy atom. The van der Waals surface area contributed by atoms with Crippen molar-refractivity contribution in [2.75, 3.05) is 14.2 Å². The van der Waals surface area contributed by atoms with Crippen LogP contribution in [-0.2, 0) is 14.3 Å². The van der Waals surface area contributed by atoms with Crippen LogP contribution in [0.25, 0.3) is 0 Å². The van der Waals surface area contributed by atoms with E-state index in [0.717, 1.165) is 23.5 Å². The Morgan fingerprint density at radius 1 is 1.43 bits per heavy atom. The fourth-order valence-electron chi connectivity index (χ4n) is 3.74. The molecule has 0 saturated heterocycles. The maximum absolute atomic E-state index is 11.7. The molecule has 0 spiro atoms. The molecule has 4 nitrogen and oxygen atoms in total. The lowest BCUT2D eigenvalue weighted by Crippen LogP contribution is -2.33. The smallest absolute Gasteiger partial charge is 0.305 e. The van der Waals surface area contributed by atoms with E-state index in [1.54, 1.807) is 13.4 Å². The quantitative estimate of drug-likeness (QED) is 0.767. The van der Waals surface area contributed by atoms with E-state index in [-0.39, 0.29) is 17.3 Å². The lowest BCUT2D eigenvalue weighted by atomic mass is 9.61. The highest BCUT2D eigenvalue weighted by molar-refractivity contribution is 5.69. The molecule has 1 aromatic heterocycles. The van der Waals surface area contributed by atoms with Crippen LogP contribution >= 0.6 is 0 Å². The van der Waals surface area contributed by atoms with Gasteiger partial charge in [-0.3, -0.25) is 4.79 Å². The molecule has 0 aromatic carbocycles. The Morgan fingerprint density at radius 3 is 2.91 bits per heavy atom. The van der Waals surface area contributed by atoms with Crippen LogP contribution in [0.1, 0.15) is 37.9 Å². The Balaban J connectivity index is 2.01. The molecule has 2 unspecified atom stereocenters. The van der Waals surface area contributed by atoms with E-state index in [0.29, 0.717) is 12.8 Å². The molecular weight excluding hydrogens is 292 g/mol. The van der Waals surface area contributed by atoms with Gasteiger partial charge in [-0.05, 0) is 24.1 Å². The molecule has 0 bridgehead atoms. The summed E-state index contributed by atoms with van der Waals surface area (Å²) in [5.41, 5.74) is 2.15. The molecule has 3 rings (SSSR count). The summed E-state index contributed by atoms with van der Waals surface area (Å²) in [6, 6.07) is 3.91. The molecule has 4 heteroatoms. The van der Waals surface area contributed by atoms with Crippen molar-refractivity contribution >= 4 is 5.97 Å².